The molecule has 0 saturated carbocycles. The highest BCUT2D eigenvalue weighted by Gasteiger charge is 2.62. The van der Waals surface area contributed by atoms with Gasteiger partial charge in [0, 0.05) is 29.6 Å². The maximum absolute atomic E-state index is 13.7. The summed E-state index contributed by atoms with van der Waals surface area (Å²) in [6.07, 6.45) is -1.02. The van der Waals surface area contributed by atoms with Crippen LogP contribution in [0.1, 0.15) is 77.5 Å². The van der Waals surface area contributed by atoms with Crippen molar-refractivity contribution in [3.63, 3.8) is 0 Å². The molecule has 0 radical (unpaired) electrons. The molecule has 0 amide bonds. The van der Waals surface area contributed by atoms with E-state index in [4.69, 9.17) is 22.4 Å². The number of aryl methyl sites for hydroxylation is 1. The van der Waals surface area contributed by atoms with Gasteiger partial charge in [0.25, 0.3) is 17.0 Å². The topological polar surface area (TPSA) is 162 Å². The minimum atomic E-state index is -3.19. The minimum absolute atomic E-state index is 0.0254. The summed E-state index contributed by atoms with van der Waals surface area (Å²) in [5.74, 6) is -0.773. The van der Waals surface area contributed by atoms with Crippen LogP contribution < -0.4 is 22.5 Å². The van der Waals surface area contributed by atoms with E-state index in [1.807, 2.05) is 0 Å². The third kappa shape index (κ3) is 6.77. The number of aromatic amines is 1. The molecule has 5 rings (SSSR count). The number of hydrogen-bond acceptors (Lipinski definition) is 10. The molecule has 1 aromatic carbocycles. The van der Waals surface area contributed by atoms with E-state index >= 15 is 0 Å². The number of rotatable bonds is 9. The molecular weight excluding hydrogens is 681 g/mol. The van der Waals surface area contributed by atoms with Crippen molar-refractivity contribution < 1.29 is 27.2 Å². The molecule has 14 nitrogen and oxygen atoms in total. The van der Waals surface area contributed by atoms with Crippen LogP contribution in [0.2, 0.25) is 22.2 Å². The first kappa shape index (κ1) is 37.7. The maximum atomic E-state index is 13.7. The highest BCUT2D eigenvalue weighted by atomic mass is 28.5. The summed E-state index contributed by atoms with van der Waals surface area (Å²) in [7, 11) is -6.11. The molecule has 3 aromatic rings. The third-order valence-electron chi connectivity index (χ3n) is 9.70. The Morgan fingerprint density at radius 3 is 2.12 bits per heavy atom. The van der Waals surface area contributed by atoms with Crippen molar-refractivity contribution >= 4 is 23.0 Å². The van der Waals surface area contributed by atoms with Crippen LogP contribution >= 0.6 is 0 Å². The fraction of sp³-hybridized carbons (Fsp3) is 0.559. The second-order valence-electron chi connectivity index (χ2n) is 14.3. The van der Waals surface area contributed by atoms with Gasteiger partial charge in [0.1, 0.15) is 25.0 Å². The SMILES string of the molecule is Cc1cn(CO[C@@H]2[C@@H]3O[Si](C(C)C)(C(C)C)O[Si](C(C)C)(C(C)C)OC[C@H]3O[C@H]2n2ccc(=O)[nH]c2=O)c(=O)n(C(=O)c2ccccc2)c1=O. The van der Waals surface area contributed by atoms with E-state index in [1.54, 1.807) is 18.2 Å². The zero-order valence-electron chi connectivity index (χ0n) is 30.1. The lowest BCUT2D eigenvalue weighted by Crippen LogP contribution is -2.66. The van der Waals surface area contributed by atoms with Gasteiger partial charge in [-0.2, -0.15) is 4.57 Å². The molecule has 0 spiro atoms. The molecule has 50 heavy (non-hydrogen) atoms. The predicted octanol–water partition coefficient (Wildman–Crippen LogP) is 3.75. The van der Waals surface area contributed by atoms with Gasteiger partial charge in [0.15, 0.2) is 6.23 Å². The maximum Gasteiger partial charge on any atom is 0.340 e. The van der Waals surface area contributed by atoms with Crippen LogP contribution in [0.5, 0.6) is 0 Å². The average molecular weight is 729 g/mol. The molecule has 0 bridgehead atoms. The first-order chi connectivity index (χ1) is 23.5. The number of nitrogens with one attached hydrogen (secondary N) is 1. The fourth-order valence-electron chi connectivity index (χ4n) is 7.04. The zero-order valence-corrected chi connectivity index (χ0v) is 32.1. The Kier molecular flexibility index (Phi) is 11.0. The second-order valence-corrected chi connectivity index (χ2v) is 23.1. The predicted molar refractivity (Wildman–Crippen MR) is 190 cm³/mol. The molecule has 272 valence electrons. The number of hydrogen-bond donors (Lipinski definition) is 1. The lowest BCUT2D eigenvalue weighted by atomic mass is 10.1. The van der Waals surface area contributed by atoms with Crippen molar-refractivity contribution in [2.45, 2.75) is 116 Å². The van der Waals surface area contributed by atoms with Crippen LogP contribution in [0.4, 0.5) is 0 Å². The number of nitrogens with zero attached hydrogens (tertiary/aromatic N) is 3. The van der Waals surface area contributed by atoms with E-state index in [9.17, 15) is 24.0 Å². The molecule has 4 heterocycles. The first-order valence-electron chi connectivity index (χ1n) is 17.1. The summed E-state index contributed by atoms with van der Waals surface area (Å²) in [5.41, 5.74) is -2.51. The van der Waals surface area contributed by atoms with Gasteiger partial charge >= 0.3 is 28.5 Å². The highest BCUT2D eigenvalue weighted by Crippen LogP contribution is 2.48. The summed E-state index contributed by atoms with van der Waals surface area (Å²) in [6, 6.07) is 9.25. The van der Waals surface area contributed by atoms with Crippen molar-refractivity contribution in [2.24, 2.45) is 0 Å². The summed E-state index contributed by atoms with van der Waals surface area (Å²) in [6.45, 7) is 17.9. The van der Waals surface area contributed by atoms with Gasteiger partial charge in [-0.15, -0.1) is 0 Å². The smallest absolute Gasteiger partial charge is 0.340 e. The third-order valence-corrected chi connectivity index (χ3v) is 19.9. The molecule has 4 atom stereocenters. The van der Waals surface area contributed by atoms with Crippen LogP contribution in [0, 0.1) is 6.92 Å². The van der Waals surface area contributed by atoms with Crippen LogP contribution in [-0.4, -0.2) is 66.6 Å². The Hall–Kier alpha value is -3.52. The van der Waals surface area contributed by atoms with Crippen LogP contribution in [0.15, 0.2) is 68.0 Å². The van der Waals surface area contributed by atoms with Gasteiger partial charge in [-0.05, 0) is 41.2 Å². The van der Waals surface area contributed by atoms with E-state index in [0.717, 1.165) is 4.57 Å². The number of fused-ring (bicyclic) bond motifs is 1. The Balaban J connectivity index is 1.61. The molecule has 16 heteroatoms. The fourth-order valence-corrected chi connectivity index (χ4v) is 18.2. The summed E-state index contributed by atoms with van der Waals surface area (Å²) < 4.78 is 37.4. The van der Waals surface area contributed by atoms with Crippen molar-refractivity contribution in [3.8, 4) is 0 Å². The van der Waals surface area contributed by atoms with Crippen molar-refractivity contribution in [1.29, 1.82) is 0 Å². The number of ether oxygens (including phenoxy) is 2. The van der Waals surface area contributed by atoms with Gasteiger partial charge in [0.05, 0.1) is 6.61 Å². The quantitative estimate of drug-likeness (QED) is 0.321. The van der Waals surface area contributed by atoms with Gasteiger partial charge in [-0.25, -0.2) is 9.59 Å². The number of carbonyl (C=O) groups excluding carboxylic acids is 1. The van der Waals surface area contributed by atoms with Gasteiger partial charge in [-0.1, -0.05) is 73.6 Å². The van der Waals surface area contributed by atoms with Crippen molar-refractivity contribution in [3.05, 3.63) is 102 Å². The number of carbonyl (C=O) groups is 1. The lowest BCUT2D eigenvalue weighted by molar-refractivity contribution is -0.0931. The van der Waals surface area contributed by atoms with Crippen LogP contribution in [-0.2, 0) is 29.2 Å². The molecule has 0 unspecified atom stereocenters. The first-order valence-corrected chi connectivity index (χ1v) is 21.0. The number of H-pyrrole nitrogens is 1. The van der Waals surface area contributed by atoms with Gasteiger partial charge in [0.2, 0.25) is 0 Å². The largest absolute Gasteiger partial charge is 0.414 e. The van der Waals surface area contributed by atoms with E-state index in [1.165, 1.54) is 42.1 Å². The Labute approximate surface area is 292 Å². The molecule has 2 aliphatic rings. The molecule has 2 saturated heterocycles. The van der Waals surface area contributed by atoms with E-state index in [-0.39, 0.29) is 39.9 Å². The highest BCUT2D eigenvalue weighted by molar-refractivity contribution is 6.84. The Bertz CT molecular complexity index is 1920. The van der Waals surface area contributed by atoms with E-state index in [2.05, 4.69) is 60.4 Å². The monoisotopic (exact) mass is 728 g/mol. The molecule has 0 aliphatic carbocycles. The summed E-state index contributed by atoms with van der Waals surface area (Å²) in [4.78, 5) is 67.6. The molecule has 2 aromatic heterocycles. The number of aromatic nitrogens is 4. The Morgan fingerprint density at radius 1 is 0.920 bits per heavy atom. The van der Waals surface area contributed by atoms with Crippen LogP contribution in [0.3, 0.4) is 0 Å². The van der Waals surface area contributed by atoms with Crippen LogP contribution in [0.25, 0.3) is 0 Å². The second kappa shape index (κ2) is 14.6. The summed E-state index contributed by atoms with van der Waals surface area (Å²) >= 11 is 0. The van der Waals surface area contributed by atoms with Gasteiger partial charge < -0.3 is 22.4 Å². The van der Waals surface area contributed by atoms with E-state index < -0.39 is 76.8 Å². The number of benzene rings is 1. The summed E-state index contributed by atoms with van der Waals surface area (Å²) in [5, 5.41) is 0. The zero-order chi connectivity index (χ0) is 36.7. The van der Waals surface area contributed by atoms with Crippen molar-refractivity contribution in [2.75, 3.05) is 6.61 Å². The normalized spacial score (nSPS) is 23.3. The van der Waals surface area contributed by atoms with E-state index in [0.29, 0.717) is 4.57 Å². The lowest BCUT2D eigenvalue weighted by Gasteiger charge is -2.51. The molecule has 1 N–H and O–H groups in total. The van der Waals surface area contributed by atoms with Gasteiger partial charge in [-0.3, -0.25) is 28.5 Å². The standard InChI is InChI=1S/C34H48N4O10Si2/c1-20(2)49(21(3)4)45-18-26-28(47-50(48-49,22(5)6)23(7)8)29(32(46-26)37-16-15-27(39)35-33(37)42)44-19-36-17-24(9)30(40)38(34(36)43)31(41)25-13-11-10-12-14-25/h10-17,20-23,26,28-29,32H,18-19H2,1-9H3,(H,35,39,42)/t26-,28-,29-,32-/m1/s1. The average Bonchev–Trinajstić information content (AvgIpc) is 3.37. The molecule has 2 fully saturated rings. The molecular formula is C34H48N4O10Si2. The Morgan fingerprint density at radius 2 is 1.54 bits per heavy atom. The van der Waals surface area contributed by atoms with Crippen molar-refractivity contribution in [1.82, 2.24) is 18.7 Å². The minimum Gasteiger partial charge on any atom is -0.414 e. The molecule has 2 aliphatic heterocycles.